The number of aryl methyl sites for hydroxylation is 2. The van der Waals surface area contributed by atoms with E-state index >= 15 is 0 Å². The van der Waals surface area contributed by atoms with Crippen LogP contribution in [0.2, 0.25) is 0 Å². The third-order valence-electron chi connectivity index (χ3n) is 3.59. The van der Waals surface area contributed by atoms with Crippen LogP contribution in [0.15, 0.2) is 46.9 Å². The molecule has 0 amide bonds. The van der Waals surface area contributed by atoms with Gasteiger partial charge >= 0.3 is 0 Å². The Kier molecular flexibility index (Phi) is 5.95. The van der Waals surface area contributed by atoms with Crippen LogP contribution in [0.3, 0.4) is 0 Å². The van der Waals surface area contributed by atoms with E-state index in [1.807, 2.05) is 6.07 Å². The first-order valence-corrected chi connectivity index (χ1v) is 8.13. The lowest BCUT2D eigenvalue weighted by Gasteiger charge is -2.19. The van der Waals surface area contributed by atoms with Crippen molar-refractivity contribution < 1.29 is 4.39 Å². The minimum Gasteiger partial charge on any atom is -0.310 e. The third-order valence-corrected chi connectivity index (χ3v) is 4.08. The van der Waals surface area contributed by atoms with E-state index in [1.165, 1.54) is 17.2 Å². The number of rotatable bonds is 6. The zero-order chi connectivity index (χ0) is 15.2. The zero-order valence-electron chi connectivity index (χ0n) is 12.5. The quantitative estimate of drug-likeness (QED) is 0.757. The number of halogens is 2. The summed E-state index contributed by atoms with van der Waals surface area (Å²) in [6, 6.07) is 13.7. The Morgan fingerprint density at radius 1 is 1.19 bits per heavy atom. The molecule has 3 heteroatoms. The van der Waals surface area contributed by atoms with Gasteiger partial charge in [-0.15, -0.1) is 0 Å². The van der Waals surface area contributed by atoms with E-state index in [9.17, 15) is 4.39 Å². The van der Waals surface area contributed by atoms with Crippen LogP contribution in [-0.2, 0) is 6.42 Å². The smallest absolute Gasteiger partial charge is 0.128 e. The predicted octanol–water partition coefficient (Wildman–Crippen LogP) is 5.18. The molecular weight excluding hydrogens is 329 g/mol. The van der Waals surface area contributed by atoms with Crippen LogP contribution in [0.4, 0.5) is 4.39 Å². The average Bonchev–Trinajstić information content (AvgIpc) is 2.46. The van der Waals surface area contributed by atoms with E-state index in [-0.39, 0.29) is 11.9 Å². The second kappa shape index (κ2) is 7.71. The Labute approximate surface area is 134 Å². The van der Waals surface area contributed by atoms with E-state index in [1.54, 1.807) is 6.07 Å². The van der Waals surface area contributed by atoms with Gasteiger partial charge in [0.1, 0.15) is 5.82 Å². The van der Waals surface area contributed by atoms with Gasteiger partial charge in [-0.3, -0.25) is 0 Å². The van der Waals surface area contributed by atoms with Crippen molar-refractivity contribution in [2.24, 2.45) is 0 Å². The summed E-state index contributed by atoms with van der Waals surface area (Å²) >= 11 is 3.43. The molecule has 0 aliphatic carbocycles. The van der Waals surface area contributed by atoms with E-state index < -0.39 is 0 Å². The normalized spacial score (nSPS) is 12.4. The fourth-order valence-electron chi connectivity index (χ4n) is 2.57. The van der Waals surface area contributed by atoms with Crippen LogP contribution in [0.5, 0.6) is 0 Å². The first kappa shape index (κ1) is 16.2. The highest BCUT2D eigenvalue weighted by atomic mass is 79.9. The molecule has 0 spiro atoms. The Morgan fingerprint density at radius 2 is 2.00 bits per heavy atom. The van der Waals surface area contributed by atoms with E-state index in [4.69, 9.17) is 0 Å². The monoisotopic (exact) mass is 349 g/mol. The minimum atomic E-state index is -0.145. The van der Waals surface area contributed by atoms with E-state index in [2.05, 4.69) is 59.4 Å². The summed E-state index contributed by atoms with van der Waals surface area (Å²) in [5.41, 5.74) is 3.30. The van der Waals surface area contributed by atoms with Crippen LogP contribution in [0.1, 0.15) is 36.1 Å². The van der Waals surface area contributed by atoms with Crippen LogP contribution in [0.25, 0.3) is 0 Å². The molecule has 2 rings (SSSR count). The van der Waals surface area contributed by atoms with Crippen molar-refractivity contribution in [3.63, 3.8) is 0 Å². The van der Waals surface area contributed by atoms with Gasteiger partial charge in [0.05, 0.1) is 0 Å². The van der Waals surface area contributed by atoms with Crippen molar-refractivity contribution in [3.8, 4) is 0 Å². The molecule has 0 heterocycles. The molecule has 21 heavy (non-hydrogen) atoms. The molecular formula is C18H21BrFN. The van der Waals surface area contributed by atoms with Crippen LogP contribution >= 0.6 is 15.9 Å². The second-order valence-electron chi connectivity index (χ2n) is 5.30. The molecule has 0 aliphatic rings. The van der Waals surface area contributed by atoms with Crippen molar-refractivity contribution in [1.82, 2.24) is 5.32 Å². The Bertz CT molecular complexity index is 598. The third kappa shape index (κ3) is 4.65. The summed E-state index contributed by atoms with van der Waals surface area (Å²) in [6.45, 7) is 4.97. The van der Waals surface area contributed by atoms with Crippen molar-refractivity contribution >= 4 is 15.9 Å². The molecule has 2 aromatic carbocycles. The predicted molar refractivity (Wildman–Crippen MR) is 90.0 cm³/mol. The van der Waals surface area contributed by atoms with E-state index in [0.29, 0.717) is 0 Å². The number of hydrogen-bond donors (Lipinski definition) is 1. The standard InChI is InChI=1S/C18H21BrFN/c1-3-21-18(16-12-15(19)8-9-17(16)20)10-7-14-6-4-5-13(2)11-14/h4-6,8-9,11-12,18,21H,3,7,10H2,1-2H3. The summed E-state index contributed by atoms with van der Waals surface area (Å²) in [6.07, 6.45) is 1.82. The maximum absolute atomic E-state index is 14.1. The van der Waals surface area contributed by atoms with Gasteiger partial charge in [0.25, 0.3) is 0 Å². The molecule has 1 N–H and O–H groups in total. The van der Waals surface area contributed by atoms with E-state index in [0.717, 1.165) is 29.4 Å². The van der Waals surface area contributed by atoms with Gasteiger partial charge < -0.3 is 5.32 Å². The SMILES string of the molecule is CCNC(CCc1cccc(C)c1)c1cc(Br)ccc1F. The van der Waals surface area contributed by atoms with Gasteiger partial charge in [0.15, 0.2) is 0 Å². The summed E-state index contributed by atoms with van der Waals surface area (Å²) in [7, 11) is 0. The summed E-state index contributed by atoms with van der Waals surface area (Å²) < 4.78 is 15.0. The fraction of sp³-hybridized carbons (Fsp3) is 0.333. The van der Waals surface area contributed by atoms with Gasteiger partial charge in [-0.2, -0.15) is 0 Å². The summed E-state index contributed by atoms with van der Waals surface area (Å²) in [5, 5.41) is 3.39. The van der Waals surface area contributed by atoms with Gasteiger partial charge in [-0.25, -0.2) is 4.39 Å². The Morgan fingerprint density at radius 3 is 2.71 bits per heavy atom. The molecule has 0 aliphatic heterocycles. The van der Waals surface area contributed by atoms with Crippen LogP contribution in [-0.4, -0.2) is 6.54 Å². The lowest BCUT2D eigenvalue weighted by atomic mass is 9.98. The first-order valence-electron chi connectivity index (χ1n) is 7.34. The Balaban J connectivity index is 2.13. The van der Waals surface area contributed by atoms with Gasteiger partial charge in [0, 0.05) is 16.1 Å². The molecule has 1 nitrogen and oxygen atoms in total. The fourth-order valence-corrected chi connectivity index (χ4v) is 2.95. The Hall–Kier alpha value is -1.19. The van der Waals surface area contributed by atoms with Gasteiger partial charge in [-0.1, -0.05) is 52.7 Å². The molecule has 2 aromatic rings. The van der Waals surface area contributed by atoms with Gasteiger partial charge in [0.2, 0.25) is 0 Å². The molecule has 0 aromatic heterocycles. The van der Waals surface area contributed by atoms with Crippen molar-refractivity contribution in [2.45, 2.75) is 32.7 Å². The molecule has 0 fully saturated rings. The molecule has 1 unspecified atom stereocenters. The van der Waals surface area contributed by atoms with Crippen molar-refractivity contribution in [3.05, 3.63) is 69.4 Å². The number of hydrogen-bond acceptors (Lipinski definition) is 1. The largest absolute Gasteiger partial charge is 0.310 e. The topological polar surface area (TPSA) is 12.0 Å². The lowest BCUT2D eigenvalue weighted by molar-refractivity contribution is 0.485. The average molecular weight is 350 g/mol. The first-order chi connectivity index (χ1) is 10.1. The molecule has 0 saturated heterocycles. The van der Waals surface area contributed by atoms with Gasteiger partial charge in [-0.05, 0) is 50.1 Å². The number of nitrogens with one attached hydrogen (secondary N) is 1. The zero-order valence-corrected chi connectivity index (χ0v) is 14.1. The lowest BCUT2D eigenvalue weighted by Crippen LogP contribution is -2.22. The van der Waals surface area contributed by atoms with Crippen LogP contribution < -0.4 is 5.32 Å². The highest BCUT2D eigenvalue weighted by Crippen LogP contribution is 2.25. The maximum Gasteiger partial charge on any atom is 0.128 e. The maximum atomic E-state index is 14.1. The molecule has 0 bridgehead atoms. The molecule has 112 valence electrons. The van der Waals surface area contributed by atoms with Crippen molar-refractivity contribution in [2.75, 3.05) is 6.54 Å². The summed E-state index contributed by atoms with van der Waals surface area (Å²) in [4.78, 5) is 0. The minimum absolute atomic E-state index is 0.0352. The van der Waals surface area contributed by atoms with Crippen LogP contribution in [0, 0.1) is 12.7 Å². The highest BCUT2D eigenvalue weighted by Gasteiger charge is 2.15. The molecule has 0 radical (unpaired) electrons. The molecule has 1 atom stereocenters. The summed E-state index contributed by atoms with van der Waals surface area (Å²) in [5.74, 6) is -0.145. The second-order valence-corrected chi connectivity index (χ2v) is 6.22. The highest BCUT2D eigenvalue weighted by molar-refractivity contribution is 9.10. The molecule has 0 saturated carbocycles. The number of benzene rings is 2. The van der Waals surface area contributed by atoms with Crippen molar-refractivity contribution in [1.29, 1.82) is 0 Å².